The van der Waals surface area contributed by atoms with Crippen molar-refractivity contribution in [1.29, 1.82) is 0 Å². The molecule has 2 N–H and O–H groups in total. The number of ether oxygens (including phenoxy) is 1. The van der Waals surface area contributed by atoms with Crippen LogP contribution in [0.25, 0.3) is 0 Å². The van der Waals surface area contributed by atoms with E-state index in [4.69, 9.17) is 10.5 Å². The number of aromatic nitrogens is 1. The Morgan fingerprint density at radius 1 is 1.69 bits per heavy atom. The monoisotopic (exact) mass is 221 g/mol. The smallest absolute Gasteiger partial charge is 0.267 e. The van der Waals surface area contributed by atoms with Crippen LogP contribution < -0.4 is 10.6 Å². The second-order valence-electron chi connectivity index (χ2n) is 3.89. The molecular weight excluding hydrogens is 206 g/mol. The average Bonchev–Trinajstić information content (AvgIpc) is 2.29. The molecule has 2 rings (SSSR count). The van der Waals surface area contributed by atoms with Crippen LogP contribution in [0.3, 0.4) is 0 Å². The third-order valence-corrected chi connectivity index (χ3v) is 2.60. The predicted molar refractivity (Wildman–Crippen MR) is 60.4 cm³/mol. The molecule has 0 radical (unpaired) electrons. The number of primary amides is 1. The zero-order valence-corrected chi connectivity index (χ0v) is 9.22. The average molecular weight is 221 g/mol. The highest BCUT2D eigenvalue weighted by Crippen LogP contribution is 2.17. The van der Waals surface area contributed by atoms with Gasteiger partial charge in [-0.2, -0.15) is 0 Å². The van der Waals surface area contributed by atoms with Crippen LogP contribution in [0.2, 0.25) is 0 Å². The number of carbonyl (C=O) groups excluding carboxylic acids is 1. The lowest BCUT2D eigenvalue weighted by atomic mass is 10.2. The topological polar surface area (TPSA) is 68.5 Å². The summed E-state index contributed by atoms with van der Waals surface area (Å²) in [5.41, 5.74) is 6.47. The number of nitrogens with two attached hydrogens (primary N) is 1. The first-order valence-electron chi connectivity index (χ1n) is 5.29. The summed E-state index contributed by atoms with van der Waals surface area (Å²) in [5.74, 6) is -0.497. The molecule has 2 heterocycles. The molecule has 1 unspecified atom stereocenters. The van der Waals surface area contributed by atoms with Crippen molar-refractivity contribution in [1.82, 2.24) is 4.98 Å². The fourth-order valence-electron chi connectivity index (χ4n) is 1.80. The molecule has 1 fully saturated rings. The molecular formula is C11H15N3O2. The first kappa shape index (κ1) is 10.9. The minimum atomic E-state index is -0.497. The van der Waals surface area contributed by atoms with Gasteiger partial charge in [0, 0.05) is 25.0 Å². The Balaban J connectivity index is 2.19. The van der Waals surface area contributed by atoms with E-state index in [1.54, 1.807) is 12.3 Å². The second kappa shape index (κ2) is 4.49. The summed E-state index contributed by atoms with van der Waals surface area (Å²) in [6, 6.07) is 3.60. The molecule has 0 saturated carbocycles. The molecule has 1 atom stereocenters. The SMILES string of the molecule is CC1CN(c2ccnc(C(N)=O)c2)CCO1. The summed E-state index contributed by atoms with van der Waals surface area (Å²) >= 11 is 0. The lowest BCUT2D eigenvalue weighted by molar-refractivity contribution is 0.0532. The van der Waals surface area contributed by atoms with Crippen molar-refractivity contribution >= 4 is 11.6 Å². The van der Waals surface area contributed by atoms with E-state index in [1.807, 2.05) is 13.0 Å². The van der Waals surface area contributed by atoms with Crippen molar-refractivity contribution in [2.75, 3.05) is 24.6 Å². The molecule has 0 aliphatic carbocycles. The molecule has 1 amide bonds. The van der Waals surface area contributed by atoms with Crippen molar-refractivity contribution < 1.29 is 9.53 Å². The highest BCUT2D eigenvalue weighted by Gasteiger charge is 2.17. The van der Waals surface area contributed by atoms with Crippen molar-refractivity contribution in [2.45, 2.75) is 13.0 Å². The van der Waals surface area contributed by atoms with Crippen LogP contribution in [0.1, 0.15) is 17.4 Å². The van der Waals surface area contributed by atoms with Crippen molar-refractivity contribution in [3.63, 3.8) is 0 Å². The van der Waals surface area contributed by atoms with Gasteiger partial charge in [-0.05, 0) is 19.1 Å². The number of pyridine rings is 1. The van der Waals surface area contributed by atoms with Gasteiger partial charge in [0.05, 0.1) is 12.7 Å². The van der Waals surface area contributed by atoms with Crippen LogP contribution in [0.5, 0.6) is 0 Å². The van der Waals surface area contributed by atoms with Gasteiger partial charge in [-0.25, -0.2) is 0 Å². The summed E-state index contributed by atoms with van der Waals surface area (Å²) in [6.45, 7) is 4.38. The normalized spacial score (nSPS) is 20.8. The molecule has 86 valence electrons. The summed E-state index contributed by atoms with van der Waals surface area (Å²) < 4.78 is 5.46. The van der Waals surface area contributed by atoms with E-state index in [0.717, 1.165) is 18.8 Å². The van der Waals surface area contributed by atoms with E-state index in [9.17, 15) is 4.79 Å². The fourth-order valence-corrected chi connectivity index (χ4v) is 1.80. The van der Waals surface area contributed by atoms with Gasteiger partial charge >= 0.3 is 0 Å². The van der Waals surface area contributed by atoms with Gasteiger partial charge in [-0.3, -0.25) is 9.78 Å². The number of rotatable bonds is 2. The molecule has 1 aliphatic rings. The summed E-state index contributed by atoms with van der Waals surface area (Å²) in [5, 5.41) is 0. The molecule has 1 aromatic rings. The maximum absolute atomic E-state index is 11.0. The van der Waals surface area contributed by atoms with Gasteiger partial charge in [0.2, 0.25) is 0 Å². The Morgan fingerprint density at radius 2 is 2.50 bits per heavy atom. The molecule has 5 heteroatoms. The van der Waals surface area contributed by atoms with Crippen molar-refractivity contribution in [3.8, 4) is 0 Å². The Bertz CT molecular complexity index is 395. The van der Waals surface area contributed by atoms with Gasteiger partial charge in [0.1, 0.15) is 5.69 Å². The maximum atomic E-state index is 11.0. The van der Waals surface area contributed by atoms with Gasteiger partial charge < -0.3 is 15.4 Å². The van der Waals surface area contributed by atoms with Crippen molar-refractivity contribution in [2.24, 2.45) is 5.73 Å². The van der Waals surface area contributed by atoms with Crippen LogP contribution in [-0.2, 0) is 4.74 Å². The summed E-state index contributed by atoms with van der Waals surface area (Å²) in [7, 11) is 0. The molecule has 1 aromatic heterocycles. The van der Waals surface area contributed by atoms with E-state index >= 15 is 0 Å². The molecule has 16 heavy (non-hydrogen) atoms. The molecule has 0 aromatic carbocycles. The Labute approximate surface area is 94.2 Å². The largest absolute Gasteiger partial charge is 0.375 e. The molecule has 5 nitrogen and oxygen atoms in total. The fraction of sp³-hybridized carbons (Fsp3) is 0.455. The number of amides is 1. The van der Waals surface area contributed by atoms with E-state index < -0.39 is 5.91 Å². The minimum absolute atomic E-state index is 0.207. The number of hydrogen-bond donors (Lipinski definition) is 1. The Kier molecular flexibility index (Phi) is 3.05. The summed E-state index contributed by atoms with van der Waals surface area (Å²) in [6.07, 6.45) is 1.81. The van der Waals surface area contributed by atoms with E-state index in [1.165, 1.54) is 0 Å². The lowest BCUT2D eigenvalue weighted by Crippen LogP contribution is -2.41. The molecule has 0 bridgehead atoms. The molecule has 0 spiro atoms. The zero-order valence-electron chi connectivity index (χ0n) is 9.22. The van der Waals surface area contributed by atoms with Crippen molar-refractivity contribution in [3.05, 3.63) is 24.0 Å². The van der Waals surface area contributed by atoms with E-state index in [0.29, 0.717) is 12.3 Å². The van der Waals surface area contributed by atoms with Gasteiger partial charge in [0.15, 0.2) is 0 Å². The van der Waals surface area contributed by atoms with E-state index in [-0.39, 0.29) is 6.10 Å². The maximum Gasteiger partial charge on any atom is 0.267 e. The number of morpholine rings is 1. The third-order valence-electron chi connectivity index (χ3n) is 2.60. The molecule has 1 aliphatic heterocycles. The van der Waals surface area contributed by atoms with Crippen LogP contribution in [0, 0.1) is 0 Å². The standard InChI is InChI=1S/C11H15N3O2/c1-8-7-14(4-5-16-8)9-2-3-13-10(6-9)11(12)15/h2-3,6,8H,4-5,7H2,1H3,(H2,12,15). The third kappa shape index (κ3) is 2.30. The van der Waals surface area contributed by atoms with Gasteiger partial charge in [-0.1, -0.05) is 0 Å². The first-order chi connectivity index (χ1) is 7.66. The highest BCUT2D eigenvalue weighted by molar-refractivity contribution is 5.91. The minimum Gasteiger partial charge on any atom is -0.375 e. The van der Waals surface area contributed by atoms with Crippen LogP contribution in [-0.4, -0.2) is 36.7 Å². The number of carbonyl (C=O) groups is 1. The van der Waals surface area contributed by atoms with Crippen LogP contribution >= 0.6 is 0 Å². The van der Waals surface area contributed by atoms with E-state index in [2.05, 4.69) is 9.88 Å². The quantitative estimate of drug-likeness (QED) is 0.785. The predicted octanol–water partition coefficient (Wildman–Crippen LogP) is 0.406. The zero-order chi connectivity index (χ0) is 11.5. The second-order valence-corrected chi connectivity index (χ2v) is 3.89. The van der Waals surface area contributed by atoms with Crippen LogP contribution in [0.15, 0.2) is 18.3 Å². The number of anilines is 1. The Hall–Kier alpha value is -1.62. The Morgan fingerprint density at radius 3 is 3.19 bits per heavy atom. The number of hydrogen-bond acceptors (Lipinski definition) is 4. The van der Waals surface area contributed by atoms with Crippen LogP contribution in [0.4, 0.5) is 5.69 Å². The van der Waals surface area contributed by atoms with Gasteiger partial charge in [-0.15, -0.1) is 0 Å². The summed E-state index contributed by atoms with van der Waals surface area (Å²) in [4.78, 5) is 17.1. The van der Waals surface area contributed by atoms with Gasteiger partial charge in [0.25, 0.3) is 5.91 Å². The first-order valence-corrected chi connectivity index (χ1v) is 5.29. The molecule has 1 saturated heterocycles. The lowest BCUT2D eigenvalue weighted by Gasteiger charge is -2.32. The number of nitrogens with zero attached hydrogens (tertiary/aromatic N) is 2. The highest BCUT2D eigenvalue weighted by atomic mass is 16.5.